The van der Waals surface area contributed by atoms with Crippen LogP contribution in [0.2, 0.25) is 0 Å². The third-order valence-electron chi connectivity index (χ3n) is 2.62. The Bertz CT molecular complexity index is 644. The zero-order valence-corrected chi connectivity index (χ0v) is 12.5. The van der Waals surface area contributed by atoms with Gasteiger partial charge in [-0.05, 0) is 52.3 Å². The molecule has 0 fully saturated rings. The standard InChI is InChI=1S/C14H9BrF2O2S/c15-11-5-6-12(16)10(13(11)17)7-20-9-3-1-8(2-4-9)14(18)19/h1-6H,7H2,(H,18,19). The van der Waals surface area contributed by atoms with Crippen LogP contribution in [0, 0.1) is 11.6 Å². The van der Waals surface area contributed by atoms with Crippen LogP contribution in [0.4, 0.5) is 8.78 Å². The summed E-state index contributed by atoms with van der Waals surface area (Å²) in [6.07, 6.45) is 0. The zero-order chi connectivity index (χ0) is 14.7. The summed E-state index contributed by atoms with van der Waals surface area (Å²) in [7, 11) is 0. The Morgan fingerprint density at radius 2 is 1.80 bits per heavy atom. The molecule has 104 valence electrons. The summed E-state index contributed by atoms with van der Waals surface area (Å²) in [4.78, 5) is 11.5. The van der Waals surface area contributed by atoms with Crippen molar-refractivity contribution in [3.05, 3.63) is 63.6 Å². The lowest BCUT2D eigenvalue weighted by Crippen LogP contribution is -1.96. The maximum absolute atomic E-state index is 13.8. The molecule has 0 atom stereocenters. The Morgan fingerprint density at radius 1 is 1.15 bits per heavy atom. The highest BCUT2D eigenvalue weighted by atomic mass is 79.9. The van der Waals surface area contributed by atoms with E-state index in [2.05, 4.69) is 15.9 Å². The number of aromatic carboxylic acids is 1. The molecule has 6 heteroatoms. The van der Waals surface area contributed by atoms with E-state index in [9.17, 15) is 13.6 Å². The van der Waals surface area contributed by atoms with Crippen LogP contribution < -0.4 is 0 Å². The van der Waals surface area contributed by atoms with Gasteiger partial charge in [0.05, 0.1) is 10.0 Å². The van der Waals surface area contributed by atoms with Crippen molar-refractivity contribution in [1.82, 2.24) is 0 Å². The van der Waals surface area contributed by atoms with Crippen LogP contribution in [-0.4, -0.2) is 11.1 Å². The first-order valence-corrected chi connectivity index (χ1v) is 7.35. The molecule has 0 bridgehead atoms. The Balaban J connectivity index is 2.13. The van der Waals surface area contributed by atoms with Gasteiger partial charge >= 0.3 is 5.97 Å². The maximum Gasteiger partial charge on any atom is 0.335 e. The maximum atomic E-state index is 13.8. The van der Waals surface area contributed by atoms with Gasteiger partial charge in [0.15, 0.2) is 0 Å². The van der Waals surface area contributed by atoms with Gasteiger partial charge in [-0.15, -0.1) is 11.8 Å². The van der Waals surface area contributed by atoms with Gasteiger partial charge in [0.1, 0.15) is 11.6 Å². The summed E-state index contributed by atoms with van der Waals surface area (Å²) in [6, 6.07) is 8.66. The van der Waals surface area contributed by atoms with Crippen molar-refractivity contribution in [3.63, 3.8) is 0 Å². The van der Waals surface area contributed by atoms with Crippen LogP contribution in [0.3, 0.4) is 0 Å². The molecule has 2 rings (SSSR count). The SMILES string of the molecule is O=C(O)c1ccc(SCc2c(F)ccc(Br)c2F)cc1. The van der Waals surface area contributed by atoms with E-state index in [1.54, 1.807) is 12.1 Å². The van der Waals surface area contributed by atoms with Gasteiger partial charge in [-0.25, -0.2) is 13.6 Å². The van der Waals surface area contributed by atoms with Crippen LogP contribution in [0.15, 0.2) is 45.8 Å². The third-order valence-corrected chi connectivity index (χ3v) is 4.27. The number of carbonyl (C=O) groups is 1. The molecule has 20 heavy (non-hydrogen) atoms. The summed E-state index contributed by atoms with van der Waals surface area (Å²) >= 11 is 4.25. The van der Waals surface area contributed by atoms with E-state index < -0.39 is 17.6 Å². The molecule has 2 aromatic carbocycles. The van der Waals surface area contributed by atoms with Gasteiger partial charge in [-0.2, -0.15) is 0 Å². The summed E-state index contributed by atoms with van der Waals surface area (Å²) in [6.45, 7) is 0. The second-order valence-electron chi connectivity index (χ2n) is 3.94. The van der Waals surface area contributed by atoms with E-state index in [0.29, 0.717) is 0 Å². The van der Waals surface area contributed by atoms with Crippen molar-refractivity contribution >= 4 is 33.7 Å². The summed E-state index contributed by atoms with van der Waals surface area (Å²) < 4.78 is 27.5. The fraction of sp³-hybridized carbons (Fsp3) is 0.0714. The first-order valence-electron chi connectivity index (χ1n) is 5.57. The predicted molar refractivity (Wildman–Crippen MR) is 77.0 cm³/mol. The second kappa shape index (κ2) is 6.37. The number of benzene rings is 2. The molecule has 0 radical (unpaired) electrons. The van der Waals surface area contributed by atoms with Crippen LogP contribution >= 0.6 is 27.7 Å². The average molecular weight is 359 g/mol. The monoisotopic (exact) mass is 358 g/mol. The molecular formula is C14H9BrF2O2S. The molecule has 0 aromatic heterocycles. The molecule has 0 heterocycles. The van der Waals surface area contributed by atoms with Crippen LogP contribution in [0.25, 0.3) is 0 Å². The number of halogens is 3. The lowest BCUT2D eigenvalue weighted by atomic mass is 10.2. The van der Waals surface area contributed by atoms with E-state index in [0.717, 1.165) is 4.90 Å². The van der Waals surface area contributed by atoms with Gasteiger partial charge in [-0.1, -0.05) is 0 Å². The Kier molecular flexibility index (Phi) is 4.77. The highest BCUT2D eigenvalue weighted by Gasteiger charge is 2.12. The molecular weight excluding hydrogens is 350 g/mol. The molecule has 0 saturated carbocycles. The molecule has 2 nitrogen and oxygen atoms in total. The minimum Gasteiger partial charge on any atom is -0.478 e. The lowest BCUT2D eigenvalue weighted by molar-refractivity contribution is 0.0697. The highest BCUT2D eigenvalue weighted by molar-refractivity contribution is 9.10. The van der Waals surface area contributed by atoms with E-state index in [4.69, 9.17) is 5.11 Å². The van der Waals surface area contributed by atoms with E-state index in [1.165, 1.54) is 36.0 Å². The number of carboxylic acid groups (broad SMARTS) is 1. The molecule has 2 aromatic rings. The van der Waals surface area contributed by atoms with Crippen LogP contribution in [0.5, 0.6) is 0 Å². The second-order valence-corrected chi connectivity index (χ2v) is 5.84. The molecule has 0 unspecified atom stereocenters. The zero-order valence-electron chi connectivity index (χ0n) is 10.1. The first-order chi connectivity index (χ1) is 9.49. The number of hydrogen-bond donors (Lipinski definition) is 1. The topological polar surface area (TPSA) is 37.3 Å². The summed E-state index contributed by atoms with van der Waals surface area (Å²) in [5.41, 5.74) is 0.167. The van der Waals surface area contributed by atoms with Crippen molar-refractivity contribution < 1.29 is 18.7 Å². The number of rotatable bonds is 4. The number of hydrogen-bond acceptors (Lipinski definition) is 2. The van der Waals surface area contributed by atoms with Crippen LogP contribution in [-0.2, 0) is 5.75 Å². The Labute approximate surface area is 126 Å². The normalized spacial score (nSPS) is 10.6. The fourth-order valence-corrected chi connectivity index (χ4v) is 2.83. The Morgan fingerprint density at radius 3 is 2.40 bits per heavy atom. The summed E-state index contributed by atoms with van der Waals surface area (Å²) in [5, 5.41) is 8.78. The fourth-order valence-electron chi connectivity index (χ4n) is 1.55. The average Bonchev–Trinajstić information content (AvgIpc) is 2.43. The summed E-state index contributed by atoms with van der Waals surface area (Å²) in [5.74, 6) is -2.09. The number of thioether (sulfide) groups is 1. The van der Waals surface area contributed by atoms with Crippen LogP contribution in [0.1, 0.15) is 15.9 Å². The minimum absolute atomic E-state index is 0.00770. The molecule has 0 aliphatic rings. The van der Waals surface area contributed by atoms with E-state index >= 15 is 0 Å². The van der Waals surface area contributed by atoms with Crippen molar-refractivity contribution in [2.45, 2.75) is 10.6 Å². The minimum atomic E-state index is -1.01. The van der Waals surface area contributed by atoms with Crippen molar-refractivity contribution in [3.8, 4) is 0 Å². The van der Waals surface area contributed by atoms with Gasteiger partial charge in [0.2, 0.25) is 0 Å². The lowest BCUT2D eigenvalue weighted by Gasteiger charge is -2.06. The Hall–Kier alpha value is -1.40. The van der Waals surface area contributed by atoms with Crippen molar-refractivity contribution in [2.24, 2.45) is 0 Å². The van der Waals surface area contributed by atoms with E-state index in [1.807, 2.05) is 0 Å². The predicted octanol–water partition coefficient (Wildman–Crippen LogP) is 4.72. The largest absolute Gasteiger partial charge is 0.478 e. The van der Waals surface area contributed by atoms with Crippen molar-refractivity contribution in [1.29, 1.82) is 0 Å². The molecule has 0 amide bonds. The van der Waals surface area contributed by atoms with E-state index in [-0.39, 0.29) is 21.4 Å². The highest BCUT2D eigenvalue weighted by Crippen LogP contribution is 2.29. The van der Waals surface area contributed by atoms with Crippen molar-refractivity contribution in [2.75, 3.05) is 0 Å². The first kappa shape index (κ1) is 15.0. The molecule has 0 saturated heterocycles. The van der Waals surface area contributed by atoms with Gasteiger partial charge in [0, 0.05) is 16.2 Å². The third kappa shape index (κ3) is 3.37. The molecule has 0 aliphatic carbocycles. The quantitative estimate of drug-likeness (QED) is 0.634. The number of carboxylic acids is 1. The van der Waals surface area contributed by atoms with Gasteiger partial charge in [0.25, 0.3) is 0 Å². The molecule has 0 spiro atoms. The smallest absolute Gasteiger partial charge is 0.335 e. The van der Waals surface area contributed by atoms with Gasteiger partial charge < -0.3 is 5.11 Å². The van der Waals surface area contributed by atoms with Gasteiger partial charge in [-0.3, -0.25) is 0 Å². The molecule has 0 aliphatic heterocycles. The molecule has 1 N–H and O–H groups in total.